The quantitative estimate of drug-likeness (QED) is 0.160. The summed E-state index contributed by atoms with van der Waals surface area (Å²) in [5, 5.41) is 23.1. The van der Waals surface area contributed by atoms with Crippen LogP contribution in [0, 0.1) is 0 Å². The van der Waals surface area contributed by atoms with Crippen LogP contribution in [0.5, 0.6) is 0 Å². The van der Waals surface area contributed by atoms with E-state index in [1.165, 1.54) is 236 Å². The van der Waals surface area contributed by atoms with E-state index in [1.807, 2.05) is 18.5 Å². The highest BCUT2D eigenvalue weighted by atomic mass is 15.1. The van der Waals surface area contributed by atoms with Crippen LogP contribution in [-0.2, 0) is 0 Å². The molecule has 0 spiro atoms. The van der Waals surface area contributed by atoms with Crippen LogP contribution >= 0.6 is 0 Å². The number of rotatable bonds is 7. The van der Waals surface area contributed by atoms with Gasteiger partial charge < -0.3 is 18.3 Å². The predicted octanol–water partition coefficient (Wildman–Crippen LogP) is 32.2. The van der Waals surface area contributed by atoms with Crippen molar-refractivity contribution in [2.24, 2.45) is 0 Å². The molecule has 0 aliphatic heterocycles. The van der Waals surface area contributed by atoms with E-state index in [2.05, 4.69) is 447 Å². The molecule has 0 amide bonds. The van der Waals surface area contributed by atoms with Gasteiger partial charge in [-0.15, -0.1) is 0 Å². The standard InChI is InChI=1S/2C45H27N3.C32H19N/c1-3-14-38-33(9-1)34-10-2-4-15-39(34)47(38)31-22-17-28(18-23-31)29-19-24-32(25-20-29)48-40-16-6-12-37-43(40)44-41(48)26-21-30-8-5-11-35(42(30)44)36-13-7-27-46-45(36)37;1-2-11-34-33(10-1)37-14-7-9-30-27-46-45-44(42(30)37)43-38(34)15-8-18-41(43)48(45)32-25-21-29(22-26-32)28-19-23-31(24-20-28)47-39-16-5-3-12-35(39)36-13-4-6-17-40(36)47;1-2-11-23(12-3-1)33-28-15-7-14-25-27-19-22-9-5-4-8-21(22)18-26(27)24-13-6-10-20-16-17-29(33)32(30(20)24)31(25)28/h2*1-27H;1-19H. The minimum Gasteiger partial charge on any atom is -0.309 e. The molecule has 0 radical (unpaired) electrons. The smallest absolute Gasteiger partial charge is 0.146 e. The molecule has 30 rings (SSSR count). The van der Waals surface area contributed by atoms with Crippen molar-refractivity contribution >= 4 is 152 Å². The predicted molar refractivity (Wildman–Crippen MR) is 541 cm³/mol. The Hall–Kier alpha value is -17.3. The summed E-state index contributed by atoms with van der Waals surface area (Å²) in [6.45, 7) is 0. The zero-order valence-electron chi connectivity index (χ0n) is 69.8. The van der Waals surface area contributed by atoms with Crippen molar-refractivity contribution < 1.29 is 0 Å². The van der Waals surface area contributed by atoms with Crippen LogP contribution in [0.15, 0.2) is 443 Å². The van der Waals surface area contributed by atoms with Gasteiger partial charge in [-0.2, -0.15) is 0 Å². The summed E-state index contributed by atoms with van der Waals surface area (Å²) in [7, 11) is 0. The highest BCUT2D eigenvalue weighted by Gasteiger charge is 2.31. The van der Waals surface area contributed by atoms with Gasteiger partial charge >= 0.3 is 0 Å². The van der Waals surface area contributed by atoms with Gasteiger partial charge in [0.2, 0.25) is 0 Å². The van der Waals surface area contributed by atoms with Gasteiger partial charge in [0.05, 0.1) is 55.3 Å². The van der Waals surface area contributed by atoms with Crippen LogP contribution in [0.3, 0.4) is 0 Å². The Labute approximate surface area is 740 Å². The Morgan fingerprint density at radius 1 is 0.155 bits per heavy atom. The maximum Gasteiger partial charge on any atom is 0.146 e. The molecule has 3 aliphatic rings. The van der Waals surface area contributed by atoms with Crippen LogP contribution in [0.25, 0.3) is 270 Å². The Balaban J connectivity index is 0.0000000995. The lowest BCUT2D eigenvalue weighted by Crippen LogP contribution is -1.96. The van der Waals surface area contributed by atoms with E-state index in [4.69, 9.17) is 9.97 Å². The molecule has 7 heteroatoms. The molecule has 596 valence electrons. The number of fused-ring (bicyclic) bond motifs is 16. The van der Waals surface area contributed by atoms with Gasteiger partial charge in [-0.25, -0.2) is 4.98 Å². The first kappa shape index (κ1) is 71.2. The van der Waals surface area contributed by atoms with Crippen LogP contribution < -0.4 is 0 Å². The number of aromatic nitrogens is 7. The molecule has 3 aliphatic carbocycles. The van der Waals surface area contributed by atoms with Gasteiger partial charge in [0.15, 0.2) is 0 Å². The molecule has 7 aromatic heterocycles. The summed E-state index contributed by atoms with van der Waals surface area (Å²) in [6, 6.07) is 157. The molecule has 20 aromatic carbocycles. The second kappa shape index (κ2) is 27.6. The number of benzene rings is 20. The van der Waals surface area contributed by atoms with Gasteiger partial charge in [-0.1, -0.05) is 297 Å². The summed E-state index contributed by atoms with van der Waals surface area (Å²) in [5.74, 6) is 0. The average molecular weight is 1640 g/mol. The molecular formula is C122H73N7. The third-order valence-corrected chi connectivity index (χ3v) is 27.9. The van der Waals surface area contributed by atoms with Gasteiger partial charge in [0, 0.05) is 117 Å². The number of para-hydroxylation sites is 5. The largest absolute Gasteiger partial charge is 0.309 e. The van der Waals surface area contributed by atoms with Crippen molar-refractivity contribution in [3.8, 4) is 118 Å². The Kier molecular flexibility index (Phi) is 15.2. The lowest BCUT2D eigenvalue weighted by molar-refractivity contribution is 1.14. The second-order valence-corrected chi connectivity index (χ2v) is 34.5. The molecule has 0 bridgehead atoms. The minimum absolute atomic E-state index is 0.994. The molecule has 0 atom stereocenters. The second-order valence-electron chi connectivity index (χ2n) is 34.5. The van der Waals surface area contributed by atoms with E-state index in [0.29, 0.717) is 0 Å². The van der Waals surface area contributed by atoms with Gasteiger partial charge in [-0.3, -0.25) is 9.55 Å². The fraction of sp³-hybridized carbons (Fsp3) is 0. The summed E-state index contributed by atoms with van der Waals surface area (Å²) in [6.07, 6.45) is 3.95. The molecule has 0 fully saturated rings. The lowest BCUT2D eigenvalue weighted by atomic mass is 9.91. The first-order valence-corrected chi connectivity index (χ1v) is 44.4. The van der Waals surface area contributed by atoms with Crippen molar-refractivity contribution in [1.29, 1.82) is 0 Å². The lowest BCUT2D eigenvalue weighted by Gasteiger charge is -2.15. The topological polar surface area (TPSA) is 50.4 Å². The normalized spacial score (nSPS) is 12.2. The molecule has 0 N–H and O–H groups in total. The van der Waals surface area contributed by atoms with Crippen molar-refractivity contribution in [1.82, 2.24) is 32.8 Å². The van der Waals surface area contributed by atoms with Crippen LogP contribution in [0.1, 0.15) is 0 Å². The fourth-order valence-electron chi connectivity index (χ4n) is 22.4. The Morgan fingerprint density at radius 3 is 0.938 bits per heavy atom. The first-order valence-electron chi connectivity index (χ1n) is 44.4. The number of pyridine rings is 2. The van der Waals surface area contributed by atoms with Gasteiger partial charge in [-0.05, 0) is 238 Å². The monoisotopic (exact) mass is 1640 g/mol. The Morgan fingerprint density at radius 2 is 0.457 bits per heavy atom. The molecule has 129 heavy (non-hydrogen) atoms. The average Bonchev–Trinajstić information content (AvgIpc) is 1.58. The zero-order chi connectivity index (χ0) is 84.2. The van der Waals surface area contributed by atoms with E-state index in [1.54, 1.807) is 0 Å². The minimum atomic E-state index is 0.994. The van der Waals surface area contributed by atoms with Crippen LogP contribution in [0.2, 0.25) is 0 Å². The molecule has 7 heterocycles. The van der Waals surface area contributed by atoms with Crippen LogP contribution in [-0.4, -0.2) is 32.8 Å². The van der Waals surface area contributed by atoms with Crippen molar-refractivity contribution in [2.45, 2.75) is 0 Å². The van der Waals surface area contributed by atoms with Crippen molar-refractivity contribution in [3.63, 3.8) is 0 Å². The summed E-state index contributed by atoms with van der Waals surface area (Å²) >= 11 is 0. The summed E-state index contributed by atoms with van der Waals surface area (Å²) in [5.41, 5.74) is 37.6. The third kappa shape index (κ3) is 10.4. The molecule has 7 nitrogen and oxygen atoms in total. The maximum atomic E-state index is 5.11. The van der Waals surface area contributed by atoms with Crippen molar-refractivity contribution in [3.05, 3.63) is 443 Å². The fourth-order valence-corrected chi connectivity index (χ4v) is 22.4. The van der Waals surface area contributed by atoms with E-state index in [0.717, 1.165) is 34.1 Å². The summed E-state index contributed by atoms with van der Waals surface area (Å²) in [4.78, 5) is 10.0. The van der Waals surface area contributed by atoms with E-state index in [-0.39, 0.29) is 0 Å². The summed E-state index contributed by atoms with van der Waals surface area (Å²) < 4.78 is 11.9. The molecule has 0 saturated carbocycles. The van der Waals surface area contributed by atoms with Crippen LogP contribution in [0.4, 0.5) is 0 Å². The van der Waals surface area contributed by atoms with E-state index >= 15 is 0 Å². The molecule has 0 unspecified atom stereocenters. The maximum absolute atomic E-state index is 5.11. The van der Waals surface area contributed by atoms with E-state index in [9.17, 15) is 0 Å². The SMILES string of the molecule is c1ccc(-n2c3cccc4c3c3c5c(cccc5ccc32)-c2cc3ccccc3cc2-4)cc1.c1ccc2c(c1)-c1cccc3cnc4c(c13)c1c-2cccc1n4-c1ccc(-c2ccc(-n3c4ccccc4c4ccccc43)cc2)cc1.c1cnc2c(c1)-c1cccc3ccc4c(c13)c1c-2cccc1n4-c1ccc(-c2ccc(-n3c4ccccc4c4ccccc43)cc2)cc1. The number of hydrogen-bond acceptors (Lipinski definition) is 2. The highest BCUT2D eigenvalue weighted by Crippen LogP contribution is 2.55. The Bertz CT molecular complexity index is 8960. The molecule has 0 saturated heterocycles. The number of nitrogens with zero attached hydrogens (tertiary/aromatic N) is 7. The molecular weight excluding hydrogens is 1560 g/mol. The van der Waals surface area contributed by atoms with Gasteiger partial charge in [0.25, 0.3) is 0 Å². The highest BCUT2D eigenvalue weighted by molar-refractivity contribution is 6.34. The van der Waals surface area contributed by atoms with Gasteiger partial charge in [0.1, 0.15) is 5.65 Å². The van der Waals surface area contributed by atoms with E-state index < -0.39 is 0 Å². The first-order chi connectivity index (χ1) is 64.0. The third-order valence-electron chi connectivity index (χ3n) is 27.9. The molecule has 27 aromatic rings. The number of hydrogen-bond donors (Lipinski definition) is 0. The zero-order valence-corrected chi connectivity index (χ0v) is 69.8. The van der Waals surface area contributed by atoms with Crippen molar-refractivity contribution in [2.75, 3.05) is 0 Å².